The Morgan fingerprint density at radius 2 is 1.69 bits per heavy atom. The van der Waals surface area contributed by atoms with Crippen molar-refractivity contribution in [3.8, 4) is 11.3 Å². The number of halogens is 3. The Balaban J connectivity index is 1.82. The second-order valence-corrected chi connectivity index (χ2v) is 9.12. The van der Waals surface area contributed by atoms with E-state index in [0.717, 1.165) is 23.8 Å². The highest BCUT2D eigenvalue weighted by Gasteiger charge is 2.30. The number of anilines is 2. The van der Waals surface area contributed by atoms with Crippen molar-refractivity contribution in [2.45, 2.75) is 18.3 Å². The molecule has 0 aliphatic heterocycles. The van der Waals surface area contributed by atoms with Crippen LogP contribution in [0.4, 0.5) is 24.7 Å². The number of hydrogen-bond donors (Lipinski definition) is 1. The van der Waals surface area contributed by atoms with Gasteiger partial charge in [-0.1, -0.05) is 18.2 Å². The zero-order chi connectivity index (χ0) is 23.1. The van der Waals surface area contributed by atoms with E-state index in [2.05, 4.69) is 20.3 Å². The van der Waals surface area contributed by atoms with Crippen LogP contribution in [0.15, 0.2) is 66.0 Å². The molecule has 6 nitrogen and oxygen atoms in total. The predicted octanol–water partition coefficient (Wildman–Crippen LogP) is 5.17. The van der Waals surface area contributed by atoms with Gasteiger partial charge in [0, 0.05) is 34.7 Å². The van der Waals surface area contributed by atoms with Crippen molar-refractivity contribution in [2.24, 2.45) is 0 Å². The normalized spacial score (nSPS) is 12.2. The molecule has 0 aliphatic rings. The summed E-state index contributed by atoms with van der Waals surface area (Å²) in [6.07, 6.45) is -1.81. The first kappa shape index (κ1) is 21.7. The molecule has 0 saturated heterocycles. The third-order valence-corrected chi connectivity index (χ3v) is 5.66. The number of sulfone groups is 1. The van der Waals surface area contributed by atoms with Gasteiger partial charge in [-0.2, -0.15) is 13.2 Å². The van der Waals surface area contributed by atoms with Crippen LogP contribution in [0.3, 0.4) is 0 Å². The molecule has 0 saturated carbocycles. The van der Waals surface area contributed by atoms with Crippen LogP contribution in [0.25, 0.3) is 22.2 Å². The van der Waals surface area contributed by atoms with E-state index in [4.69, 9.17) is 0 Å². The molecule has 2 heterocycles. The first-order chi connectivity index (χ1) is 15.0. The number of nitrogens with zero attached hydrogens (tertiary/aromatic N) is 3. The number of benzene rings is 2. The lowest BCUT2D eigenvalue weighted by molar-refractivity contribution is -0.137. The molecule has 0 aliphatic carbocycles. The smallest absolute Gasteiger partial charge is 0.340 e. The third kappa shape index (κ3) is 4.40. The van der Waals surface area contributed by atoms with Gasteiger partial charge in [-0.25, -0.2) is 18.4 Å². The number of nitrogens with one attached hydrogen (secondary N) is 1. The molecule has 4 rings (SSSR count). The SMILES string of the molecule is Cc1c(Nc2ccc(C(F)(F)F)cc2)nc(S(C)(=O)=O)nc1-c1ccc2cccnc2c1. The molecule has 0 atom stereocenters. The predicted molar refractivity (Wildman–Crippen MR) is 115 cm³/mol. The summed E-state index contributed by atoms with van der Waals surface area (Å²) in [6.45, 7) is 1.70. The molecule has 164 valence electrons. The zero-order valence-electron chi connectivity index (χ0n) is 17.0. The summed E-state index contributed by atoms with van der Waals surface area (Å²) in [4.78, 5) is 12.7. The number of pyridine rings is 1. The number of alkyl halides is 3. The first-order valence-electron chi connectivity index (χ1n) is 9.40. The van der Waals surface area contributed by atoms with Crippen LogP contribution in [0, 0.1) is 6.92 Å². The van der Waals surface area contributed by atoms with Crippen LogP contribution in [0.2, 0.25) is 0 Å². The Hall–Kier alpha value is -3.53. The van der Waals surface area contributed by atoms with Crippen molar-refractivity contribution in [1.29, 1.82) is 0 Å². The van der Waals surface area contributed by atoms with Gasteiger partial charge in [-0.3, -0.25) is 4.98 Å². The van der Waals surface area contributed by atoms with Crippen LogP contribution in [0.5, 0.6) is 0 Å². The summed E-state index contributed by atoms with van der Waals surface area (Å²) in [5.74, 6) is 0.177. The fraction of sp³-hybridized carbons (Fsp3) is 0.136. The minimum Gasteiger partial charge on any atom is -0.340 e. The van der Waals surface area contributed by atoms with Crippen molar-refractivity contribution in [2.75, 3.05) is 11.6 Å². The maximum Gasteiger partial charge on any atom is 0.416 e. The Morgan fingerprint density at radius 3 is 2.34 bits per heavy atom. The maximum absolute atomic E-state index is 12.8. The van der Waals surface area contributed by atoms with E-state index in [0.29, 0.717) is 28.0 Å². The quantitative estimate of drug-likeness (QED) is 0.425. The van der Waals surface area contributed by atoms with Crippen molar-refractivity contribution in [1.82, 2.24) is 15.0 Å². The molecular weight excluding hydrogens is 441 g/mol. The van der Waals surface area contributed by atoms with Gasteiger partial charge >= 0.3 is 6.18 Å². The molecule has 0 bridgehead atoms. The summed E-state index contributed by atoms with van der Waals surface area (Å²) < 4.78 is 62.9. The van der Waals surface area contributed by atoms with E-state index in [9.17, 15) is 21.6 Å². The molecule has 0 radical (unpaired) electrons. The largest absolute Gasteiger partial charge is 0.416 e. The lowest BCUT2D eigenvalue weighted by Crippen LogP contribution is -2.10. The number of aromatic nitrogens is 3. The van der Waals surface area contributed by atoms with E-state index >= 15 is 0 Å². The molecule has 32 heavy (non-hydrogen) atoms. The van der Waals surface area contributed by atoms with Crippen molar-refractivity contribution in [3.05, 3.63) is 71.9 Å². The van der Waals surface area contributed by atoms with Crippen molar-refractivity contribution < 1.29 is 21.6 Å². The average Bonchev–Trinajstić information content (AvgIpc) is 2.74. The summed E-state index contributed by atoms with van der Waals surface area (Å²) >= 11 is 0. The highest BCUT2D eigenvalue weighted by Crippen LogP contribution is 2.32. The monoisotopic (exact) mass is 458 g/mol. The summed E-state index contributed by atoms with van der Waals surface area (Å²) in [5, 5.41) is 3.43. The standard InChI is InChI=1S/C22H17F3N4O2S/c1-13-19(15-6-5-14-4-3-11-26-18(14)12-15)28-21(32(2,30)31)29-20(13)27-17-9-7-16(8-10-17)22(23,24)25/h3-12H,1-2H3,(H,27,28,29). The number of rotatable bonds is 4. The van der Waals surface area contributed by atoms with E-state index in [1.165, 1.54) is 12.1 Å². The van der Waals surface area contributed by atoms with Crippen LogP contribution in [-0.4, -0.2) is 29.6 Å². The van der Waals surface area contributed by atoms with Gasteiger partial charge in [-0.05, 0) is 43.3 Å². The summed E-state index contributed by atoms with van der Waals surface area (Å²) in [5.41, 5.74) is 1.79. The summed E-state index contributed by atoms with van der Waals surface area (Å²) in [7, 11) is -3.76. The van der Waals surface area contributed by atoms with Gasteiger partial charge in [0.25, 0.3) is 0 Å². The van der Waals surface area contributed by atoms with Crippen LogP contribution in [-0.2, 0) is 16.0 Å². The Morgan fingerprint density at radius 1 is 0.969 bits per heavy atom. The minimum atomic E-state index is -4.45. The Kier molecular flexibility index (Phi) is 5.33. The fourth-order valence-electron chi connectivity index (χ4n) is 3.16. The fourth-order valence-corrected chi connectivity index (χ4v) is 3.67. The first-order valence-corrected chi connectivity index (χ1v) is 11.3. The van der Waals surface area contributed by atoms with E-state index in [-0.39, 0.29) is 5.82 Å². The van der Waals surface area contributed by atoms with E-state index in [1.54, 1.807) is 25.3 Å². The van der Waals surface area contributed by atoms with Gasteiger partial charge in [0.1, 0.15) is 5.82 Å². The van der Waals surface area contributed by atoms with Gasteiger partial charge in [0.05, 0.1) is 16.8 Å². The molecule has 0 spiro atoms. The van der Waals surface area contributed by atoms with Gasteiger partial charge in [-0.15, -0.1) is 0 Å². The third-order valence-electron chi connectivity index (χ3n) is 4.81. The Bertz CT molecular complexity index is 1420. The summed E-state index contributed by atoms with van der Waals surface area (Å²) in [6, 6.07) is 13.5. The number of fused-ring (bicyclic) bond motifs is 1. The van der Waals surface area contributed by atoms with Crippen molar-refractivity contribution in [3.63, 3.8) is 0 Å². The molecule has 0 amide bonds. The van der Waals surface area contributed by atoms with Crippen molar-refractivity contribution >= 4 is 32.2 Å². The lowest BCUT2D eigenvalue weighted by Gasteiger charge is -2.15. The molecule has 0 unspecified atom stereocenters. The van der Waals surface area contributed by atoms with E-state index < -0.39 is 26.7 Å². The molecule has 0 fully saturated rings. The van der Waals surface area contributed by atoms with Crippen LogP contribution in [0.1, 0.15) is 11.1 Å². The van der Waals surface area contributed by atoms with Gasteiger partial charge in [0.2, 0.25) is 15.0 Å². The second-order valence-electron chi connectivity index (χ2n) is 7.21. The highest BCUT2D eigenvalue weighted by molar-refractivity contribution is 7.90. The zero-order valence-corrected chi connectivity index (χ0v) is 17.8. The lowest BCUT2D eigenvalue weighted by atomic mass is 10.0. The van der Waals surface area contributed by atoms with E-state index in [1.807, 2.05) is 18.2 Å². The molecule has 10 heteroatoms. The molecular formula is C22H17F3N4O2S. The van der Waals surface area contributed by atoms with Crippen LogP contribution >= 0.6 is 0 Å². The molecule has 1 N–H and O–H groups in total. The second kappa shape index (κ2) is 7.86. The molecule has 2 aromatic heterocycles. The van der Waals surface area contributed by atoms with Gasteiger partial charge < -0.3 is 5.32 Å². The minimum absolute atomic E-state index is 0.177. The van der Waals surface area contributed by atoms with Crippen LogP contribution < -0.4 is 5.32 Å². The maximum atomic E-state index is 12.8. The molecule has 2 aromatic carbocycles. The number of hydrogen-bond acceptors (Lipinski definition) is 6. The Labute approximate surface area is 182 Å². The highest BCUT2D eigenvalue weighted by atomic mass is 32.2. The average molecular weight is 458 g/mol. The molecule has 4 aromatic rings. The topological polar surface area (TPSA) is 84.8 Å². The van der Waals surface area contributed by atoms with Gasteiger partial charge in [0.15, 0.2) is 0 Å².